The predicted molar refractivity (Wildman–Crippen MR) is 96.3 cm³/mol. The Morgan fingerprint density at radius 1 is 0.926 bits per heavy atom. The lowest BCUT2D eigenvalue weighted by Gasteiger charge is -2.14. The molecule has 0 atom stereocenters. The van der Waals surface area contributed by atoms with E-state index in [1.165, 1.54) is 24.3 Å². The third-order valence-corrected chi connectivity index (χ3v) is 4.06. The van der Waals surface area contributed by atoms with E-state index in [2.05, 4.69) is 25.7 Å². The summed E-state index contributed by atoms with van der Waals surface area (Å²) in [7, 11) is 0. The Bertz CT molecular complexity index is 1120. The first-order valence-electron chi connectivity index (χ1n) is 7.93. The molecule has 0 aliphatic carbocycles. The number of H-pyrrole nitrogens is 1. The van der Waals surface area contributed by atoms with Crippen molar-refractivity contribution in [2.75, 3.05) is 11.1 Å². The van der Waals surface area contributed by atoms with Gasteiger partial charge in [0.25, 0.3) is 0 Å². The number of fused-ring (bicyclic) bond motifs is 1. The highest BCUT2D eigenvalue weighted by molar-refractivity contribution is 5.91. The normalized spacial score (nSPS) is 11.7. The van der Waals surface area contributed by atoms with Crippen molar-refractivity contribution in [3.63, 3.8) is 0 Å². The molecule has 9 heteroatoms. The number of aromatic nitrogens is 4. The average molecular weight is 370 g/mol. The Balaban J connectivity index is 1.77. The molecular formula is C18H13F3N6. The van der Waals surface area contributed by atoms with Crippen molar-refractivity contribution in [2.45, 2.75) is 6.18 Å². The van der Waals surface area contributed by atoms with Gasteiger partial charge in [0.1, 0.15) is 0 Å². The van der Waals surface area contributed by atoms with Gasteiger partial charge in [0, 0.05) is 10.9 Å². The third-order valence-electron chi connectivity index (χ3n) is 4.06. The molecular weight excluding hydrogens is 357 g/mol. The zero-order valence-corrected chi connectivity index (χ0v) is 13.7. The standard InChI is InChI=1S/C18H13F3N6/c19-18(20,21)13-7-3-1-5-10(13)12-9-15(25-26-16(12)22)23-17-11-6-2-4-8-14(11)24-27-17/h1-9H,(H2,22,26)(H2,23,24,25,27). The summed E-state index contributed by atoms with van der Waals surface area (Å²) in [5.41, 5.74) is 5.90. The summed E-state index contributed by atoms with van der Waals surface area (Å²) in [4.78, 5) is 0. The molecule has 2 heterocycles. The quantitative estimate of drug-likeness (QED) is 0.498. The van der Waals surface area contributed by atoms with E-state index in [1.54, 1.807) is 0 Å². The van der Waals surface area contributed by atoms with Crippen molar-refractivity contribution in [3.05, 3.63) is 60.2 Å². The molecule has 0 unspecified atom stereocenters. The van der Waals surface area contributed by atoms with Crippen LogP contribution in [-0.2, 0) is 6.18 Å². The zero-order chi connectivity index (χ0) is 19.0. The fourth-order valence-corrected chi connectivity index (χ4v) is 2.82. The molecule has 0 aliphatic heterocycles. The first kappa shape index (κ1) is 16.8. The molecule has 2 aromatic heterocycles. The highest BCUT2D eigenvalue weighted by atomic mass is 19.4. The second-order valence-corrected chi connectivity index (χ2v) is 5.81. The number of nitrogens with two attached hydrogens (primary N) is 1. The first-order chi connectivity index (χ1) is 12.9. The van der Waals surface area contributed by atoms with Crippen LogP contribution in [0.3, 0.4) is 0 Å². The Morgan fingerprint density at radius 3 is 2.48 bits per heavy atom. The van der Waals surface area contributed by atoms with E-state index in [0.717, 1.165) is 17.0 Å². The highest BCUT2D eigenvalue weighted by Gasteiger charge is 2.34. The van der Waals surface area contributed by atoms with Crippen LogP contribution >= 0.6 is 0 Å². The van der Waals surface area contributed by atoms with Crippen molar-refractivity contribution in [1.82, 2.24) is 20.4 Å². The molecule has 0 saturated carbocycles. The van der Waals surface area contributed by atoms with Gasteiger partial charge in [-0.2, -0.15) is 18.3 Å². The number of hydrogen-bond donors (Lipinski definition) is 3. The van der Waals surface area contributed by atoms with Gasteiger partial charge in [-0.25, -0.2) is 0 Å². The van der Waals surface area contributed by atoms with E-state index in [9.17, 15) is 13.2 Å². The zero-order valence-electron chi connectivity index (χ0n) is 13.7. The molecule has 0 radical (unpaired) electrons. The smallest absolute Gasteiger partial charge is 0.382 e. The monoisotopic (exact) mass is 370 g/mol. The number of benzene rings is 2. The van der Waals surface area contributed by atoms with E-state index >= 15 is 0 Å². The summed E-state index contributed by atoms with van der Waals surface area (Å²) in [5, 5.41) is 18.5. The molecule has 6 nitrogen and oxygen atoms in total. The molecule has 4 aromatic rings. The van der Waals surface area contributed by atoms with Crippen LogP contribution in [0.4, 0.5) is 30.6 Å². The fourth-order valence-electron chi connectivity index (χ4n) is 2.82. The molecule has 0 fully saturated rings. The highest BCUT2D eigenvalue weighted by Crippen LogP contribution is 2.39. The molecule has 0 aliphatic rings. The van der Waals surface area contributed by atoms with E-state index in [1.807, 2.05) is 24.3 Å². The number of anilines is 3. The lowest BCUT2D eigenvalue weighted by molar-refractivity contribution is -0.137. The maximum Gasteiger partial charge on any atom is 0.417 e. The van der Waals surface area contributed by atoms with E-state index in [4.69, 9.17) is 5.73 Å². The second-order valence-electron chi connectivity index (χ2n) is 5.81. The van der Waals surface area contributed by atoms with Crippen molar-refractivity contribution in [3.8, 4) is 11.1 Å². The van der Waals surface area contributed by atoms with Crippen LogP contribution in [0.25, 0.3) is 22.0 Å². The van der Waals surface area contributed by atoms with Crippen molar-refractivity contribution >= 4 is 28.4 Å². The largest absolute Gasteiger partial charge is 0.417 e. The molecule has 0 spiro atoms. The van der Waals surface area contributed by atoms with Crippen LogP contribution in [-0.4, -0.2) is 20.4 Å². The Hall–Kier alpha value is -3.62. The number of para-hydroxylation sites is 1. The number of nitrogen functional groups attached to an aromatic ring is 1. The van der Waals surface area contributed by atoms with Crippen molar-refractivity contribution < 1.29 is 13.2 Å². The molecule has 4 rings (SSSR count). The Kier molecular flexibility index (Phi) is 3.91. The molecule has 0 amide bonds. The topological polar surface area (TPSA) is 92.5 Å². The maximum absolute atomic E-state index is 13.3. The molecule has 0 saturated heterocycles. The number of alkyl halides is 3. The minimum Gasteiger partial charge on any atom is -0.382 e. The SMILES string of the molecule is Nc1nnc(Nc2n[nH]c3ccccc23)cc1-c1ccccc1C(F)(F)F. The number of hydrogen-bond acceptors (Lipinski definition) is 5. The van der Waals surface area contributed by atoms with Gasteiger partial charge in [-0.15, -0.1) is 10.2 Å². The minimum atomic E-state index is -4.52. The number of aromatic amines is 1. The van der Waals surface area contributed by atoms with Gasteiger partial charge in [-0.05, 0) is 29.8 Å². The average Bonchev–Trinajstić information content (AvgIpc) is 3.06. The summed E-state index contributed by atoms with van der Waals surface area (Å²) in [6.07, 6.45) is -4.52. The van der Waals surface area contributed by atoms with Crippen LogP contribution in [0.1, 0.15) is 5.56 Å². The molecule has 2 aromatic carbocycles. The third kappa shape index (κ3) is 3.14. The van der Waals surface area contributed by atoms with Gasteiger partial charge in [-0.3, -0.25) is 5.10 Å². The van der Waals surface area contributed by atoms with E-state index in [0.29, 0.717) is 5.82 Å². The summed E-state index contributed by atoms with van der Waals surface area (Å²) in [6.45, 7) is 0. The number of halogens is 3. The van der Waals surface area contributed by atoms with Crippen LogP contribution in [0.2, 0.25) is 0 Å². The van der Waals surface area contributed by atoms with E-state index < -0.39 is 11.7 Å². The lowest BCUT2D eigenvalue weighted by Crippen LogP contribution is -2.09. The van der Waals surface area contributed by atoms with Crippen molar-refractivity contribution in [1.29, 1.82) is 0 Å². The number of rotatable bonds is 3. The maximum atomic E-state index is 13.3. The van der Waals surface area contributed by atoms with E-state index in [-0.39, 0.29) is 22.8 Å². The molecule has 136 valence electrons. The fraction of sp³-hybridized carbons (Fsp3) is 0.0556. The van der Waals surface area contributed by atoms with Gasteiger partial charge in [0.05, 0.1) is 11.1 Å². The predicted octanol–water partition coefficient (Wildman–Crippen LogP) is 4.36. The van der Waals surface area contributed by atoms with Crippen LogP contribution in [0, 0.1) is 0 Å². The van der Waals surface area contributed by atoms with Gasteiger partial charge in [0.15, 0.2) is 17.5 Å². The summed E-state index contributed by atoms with van der Waals surface area (Å²) in [6, 6.07) is 14.0. The van der Waals surface area contributed by atoms with Crippen molar-refractivity contribution in [2.24, 2.45) is 0 Å². The lowest BCUT2D eigenvalue weighted by atomic mass is 10.00. The second kappa shape index (κ2) is 6.27. The molecule has 0 bridgehead atoms. The summed E-state index contributed by atoms with van der Waals surface area (Å²) >= 11 is 0. The van der Waals surface area contributed by atoms with Crippen LogP contribution < -0.4 is 11.1 Å². The Morgan fingerprint density at radius 2 is 1.67 bits per heavy atom. The van der Waals surface area contributed by atoms with Gasteiger partial charge >= 0.3 is 6.18 Å². The summed E-state index contributed by atoms with van der Waals surface area (Å²) in [5.74, 6) is 0.622. The number of nitrogens with one attached hydrogen (secondary N) is 2. The number of nitrogens with zero attached hydrogens (tertiary/aromatic N) is 3. The van der Waals surface area contributed by atoms with Gasteiger partial charge in [0.2, 0.25) is 0 Å². The van der Waals surface area contributed by atoms with Crippen LogP contribution in [0.5, 0.6) is 0 Å². The summed E-state index contributed by atoms with van der Waals surface area (Å²) < 4.78 is 40.0. The molecule has 27 heavy (non-hydrogen) atoms. The molecule has 4 N–H and O–H groups in total. The first-order valence-corrected chi connectivity index (χ1v) is 7.93. The minimum absolute atomic E-state index is 0.0627. The van der Waals surface area contributed by atoms with Crippen LogP contribution in [0.15, 0.2) is 54.6 Å². The Labute approximate surface area is 151 Å². The van der Waals surface area contributed by atoms with Gasteiger partial charge in [-0.1, -0.05) is 30.3 Å². The van der Waals surface area contributed by atoms with Gasteiger partial charge < -0.3 is 11.1 Å².